The second kappa shape index (κ2) is 7.11. The van der Waals surface area contributed by atoms with Gasteiger partial charge in [-0.25, -0.2) is 8.42 Å². The molecule has 2 aromatic carbocycles. The van der Waals surface area contributed by atoms with Crippen molar-refractivity contribution >= 4 is 21.6 Å². The van der Waals surface area contributed by atoms with Gasteiger partial charge in [0.2, 0.25) is 10.0 Å². The van der Waals surface area contributed by atoms with Crippen LogP contribution in [0.2, 0.25) is 5.02 Å². The zero-order valence-electron chi connectivity index (χ0n) is 13.3. The Hall–Kier alpha value is -1.60. The van der Waals surface area contributed by atoms with Crippen LogP contribution < -0.4 is 10.1 Å². The standard InChI is InChI=1S/C17H19ClN2O3S/c1-23-15-5-7-16(8-6-15)24(21,22)20-10-9-19-12-17(20)13-3-2-4-14(18)11-13/h2-8,11,17,19H,9-10,12H2,1H3. The van der Waals surface area contributed by atoms with Crippen LogP contribution in [0.3, 0.4) is 0 Å². The summed E-state index contributed by atoms with van der Waals surface area (Å²) in [5.74, 6) is 0.626. The first-order valence-electron chi connectivity index (χ1n) is 7.64. The molecule has 1 aliphatic rings. The third-order valence-corrected chi connectivity index (χ3v) is 6.25. The van der Waals surface area contributed by atoms with Crippen LogP contribution >= 0.6 is 11.6 Å². The predicted octanol–water partition coefficient (Wildman–Crippen LogP) is 2.68. The zero-order valence-corrected chi connectivity index (χ0v) is 14.8. The van der Waals surface area contributed by atoms with Gasteiger partial charge in [0.15, 0.2) is 0 Å². The van der Waals surface area contributed by atoms with Crippen molar-refractivity contribution in [2.75, 3.05) is 26.7 Å². The van der Waals surface area contributed by atoms with Crippen molar-refractivity contribution in [2.24, 2.45) is 0 Å². The smallest absolute Gasteiger partial charge is 0.243 e. The van der Waals surface area contributed by atoms with E-state index in [9.17, 15) is 8.42 Å². The van der Waals surface area contributed by atoms with E-state index in [1.807, 2.05) is 18.2 Å². The van der Waals surface area contributed by atoms with Gasteiger partial charge in [0.25, 0.3) is 0 Å². The summed E-state index contributed by atoms with van der Waals surface area (Å²) < 4.78 is 32.8. The van der Waals surface area contributed by atoms with E-state index >= 15 is 0 Å². The molecule has 0 aromatic heterocycles. The van der Waals surface area contributed by atoms with Crippen LogP contribution in [0.25, 0.3) is 0 Å². The molecule has 1 heterocycles. The van der Waals surface area contributed by atoms with Crippen LogP contribution in [0.4, 0.5) is 0 Å². The first kappa shape index (κ1) is 17.2. The number of nitrogens with zero attached hydrogens (tertiary/aromatic N) is 1. The maximum atomic E-state index is 13.1. The third-order valence-electron chi connectivity index (χ3n) is 4.09. The Labute approximate surface area is 147 Å². The summed E-state index contributed by atoms with van der Waals surface area (Å²) in [5, 5.41) is 3.85. The summed E-state index contributed by atoms with van der Waals surface area (Å²) >= 11 is 6.07. The molecule has 7 heteroatoms. The van der Waals surface area contributed by atoms with Crippen LogP contribution in [0.5, 0.6) is 5.75 Å². The Morgan fingerprint density at radius 3 is 2.62 bits per heavy atom. The maximum Gasteiger partial charge on any atom is 0.243 e. The maximum absolute atomic E-state index is 13.1. The molecule has 0 spiro atoms. The Morgan fingerprint density at radius 1 is 1.21 bits per heavy atom. The molecule has 24 heavy (non-hydrogen) atoms. The number of hydrogen-bond acceptors (Lipinski definition) is 4. The van der Waals surface area contributed by atoms with Crippen molar-refractivity contribution in [1.82, 2.24) is 9.62 Å². The normalized spacial score (nSPS) is 19.2. The highest BCUT2D eigenvalue weighted by Crippen LogP contribution is 2.30. The SMILES string of the molecule is COc1ccc(S(=O)(=O)N2CCNCC2c2cccc(Cl)c2)cc1. The van der Waals surface area contributed by atoms with Crippen LogP contribution in [0.1, 0.15) is 11.6 Å². The van der Waals surface area contributed by atoms with Gasteiger partial charge in [-0.2, -0.15) is 4.31 Å². The lowest BCUT2D eigenvalue weighted by Crippen LogP contribution is -2.48. The van der Waals surface area contributed by atoms with Gasteiger partial charge >= 0.3 is 0 Å². The predicted molar refractivity (Wildman–Crippen MR) is 93.9 cm³/mol. The number of ether oxygens (including phenoxy) is 1. The Kier molecular flexibility index (Phi) is 5.10. The highest BCUT2D eigenvalue weighted by atomic mass is 35.5. The molecular weight excluding hydrogens is 348 g/mol. The number of rotatable bonds is 4. The van der Waals surface area contributed by atoms with E-state index in [2.05, 4.69) is 5.32 Å². The summed E-state index contributed by atoms with van der Waals surface area (Å²) in [6, 6.07) is 13.5. The molecule has 5 nitrogen and oxygen atoms in total. The van der Waals surface area contributed by atoms with Crippen molar-refractivity contribution in [2.45, 2.75) is 10.9 Å². The first-order chi connectivity index (χ1) is 11.5. The lowest BCUT2D eigenvalue weighted by molar-refractivity contribution is 0.271. The molecule has 3 rings (SSSR count). The van der Waals surface area contributed by atoms with Crippen molar-refractivity contribution in [1.29, 1.82) is 0 Å². The van der Waals surface area contributed by atoms with Gasteiger partial charge in [-0.1, -0.05) is 23.7 Å². The number of methoxy groups -OCH3 is 1. The van der Waals surface area contributed by atoms with E-state index in [0.717, 1.165) is 5.56 Å². The number of nitrogens with one attached hydrogen (secondary N) is 1. The van der Waals surface area contributed by atoms with Crippen LogP contribution in [-0.2, 0) is 10.0 Å². The summed E-state index contributed by atoms with van der Waals surface area (Å²) in [7, 11) is -2.05. The molecule has 2 aromatic rings. The first-order valence-corrected chi connectivity index (χ1v) is 9.46. The van der Waals surface area contributed by atoms with Gasteiger partial charge in [-0.15, -0.1) is 0 Å². The van der Waals surface area contributed by atoms with Gasteiger partial charge < -0.3 is 10.1 Å². The van der Waals surface area contributed by atoms with E-state index in [0.29, 0.717) is 30.4 Å². The highest BCUT2D eigenvalue weighted by molar-refractivity contribution is 7.89. The van der Waals surface area contributed by atoms with Crippen molar-refractivity contribution < 1.29 is 13.2 Å². The minimum Gasteiger partial charge on any atom is -0.497 e. The number of benzene rings is 2. The van der Waals surface area contributed by atoms with E-state index in [1.165, 1.54) is 4.31 Å². The monoisotopic (exact) mass is 366 g/mol. The summed E-state index contributed by atoms with van der Waals surface area (Å²) in [4.78, 5) is 0.261. The number of hydrogen-bond donors (Lipinski definition) is 1. The molecule has 0 amide bonds. The molecule has 1 N–H and O–H groups in total. The fourth-order valence-electron chi connectivity index (χ4n) is 2.85. The summed E-state index contributed by atoms with van der Waals surface area (Å²) in [5.41, 5.74) is 0.881. The van der Waals surface area contributed by atoms with Gasteiger partial charge in [0.1, 0.15) is 5.75 Å². The van der Waals surface area contributed by atoms with E-state index in [1.54, 1.807) is 37.4 Å². The number of piperazine rings is 1. The Balaban J connectivity index is 1.96. The fourth-order valence-corrected chi connectivity index (χ4v) is 4.67. The molecule has 0 saturated carbocycles. The molecule has 1 fully saturated rings. The second-order valence-corrected chi connectivity index (χ2v) is 7.89. The average Bonchev–Trinajstić information content (AvgIpc) is 2.62. The van der Waals surface area contributed by atoms with Gasteiger partial charge in [-0.3, -0.25) is 0 Å². The third kappa shape index (κ3) is 3.42. The lowest BCUT2D eigenvalue weighted by Gasteiger charge is -2.35. The topological polar surface area (TPSA) is 58.6 Å². The van der Waals surface area contributed by atoms with E-state index in [4.69, 9.17) is 16.3 Å². The van der Waals surface area contributed by atoms with Crippen LogP contribution in [-0.4, -0.2) is 39.5 Å². The fraction of sp³-hybridized carbons (Fsp3) is 0.294. The molecular formula is C17H19ClN2O3S. The van der Waals surface area contributed by atoms with E-state index in [-0.39, 0.29) is 10.9 Å². The second-order valence-electron chi connectivity index (χ2n) is 5.57. The van der Waals surface area contributed by atoms with Crippen LogP contribution in [0.15, 0.2) is 53.4 Å². The number of halogens is 1. The quantitative estimate of drug-likeness (QED) is 0.903. The largest absolute Gasteiger partial charge is 0.497 e. The lowest BCUT2D eigenvalue weighted by atomic mass is 10.1. The molecule has 1 atom stereocenters. The molecule has 0 radical (unpaired) electrons. The van der Waals surface area contributed by atoms with Gasteiger partial charge in [0, 0.05) is 24.7 Å². The molecule has 1 saturated heterocycles. The highest BCUT2D eigenvalue weighted by Gasteiger charge is 2.34. The molecule has 128 valence electrons. The van der Waals surface area contributed by atoms with E-state index < -0.39 is 10.0 Å². The summed E-state index contributed by atoms with van der Waals surface area (Å²) in [6.45, 7) is 1.58. The summed E-state index contributed by atoms with van der Waals surface area (Å²) in [6.07, 6.45) is 0. The molecule has 1 unspecified atom stereocenters. The molecule has 1 aliphatic heterocycles. The van der Waals surface area contributed by atoms with Gasteiger partial charge in [-0.05, 0) is 42.0 Å². The Bertz CT molecular complexity index is 809. The molecule has 0 bridgehead atoms. The zero-order chi connectivity index (χ0) is 17.2. The van der Waals surface area contributed by atoms with Crippen LogP contribution in [0, 0.1) is 0 Å². The molecule has 0 aliphatic carbocycles. The van der Waals surface area contributed by atoms with Crippen molar-refractivity contribution in [3.8, 4) is 5.75 Å². The van der Waals surface area contributed by atoms with Gasteiger partial charge in [0.05, 0.1) is 18.0 Å². The number of sulfonamides is 1. The Morgan fingerprint density at radius 2 is 1.96 bits per heavy atom. The van der Waals surface area contributed by atoms with Crippen molar-refractivity contribution in [3.05, 3.63) is 59.1 Å². The minimum absolute atomic E-state index is 0.261. The average molecular weight is 367 g/mol. The van der Waals surface area contributed by atoms with Crippen molar-refractivity contribution in [3.63, 3.8) is 0 Å². The minimum atomic E-state index is -3.60.